The van der Waals surface area contributed by atoms with Gasteiger partial charge in [-0.05, 0) is 24.6 Å². The van der Waals surface area contributed by atoms with Crippen LogP contribution in [0.15, 0.2) is 27.8 Å². The van der Waals surface area contributed by atoms with Gasteiger partial charge in [0.25, 0.3) is 11.1 Å². The molecule has 0 aliphatic carbocycles. The molecule has 1 atom stereocenters. The first kappa shape index (κ1) is 15.0. The Morgan fingerprint density at radius 3 is 2.67 bits per heavy atom. The van der Waals surface area contributed by atoms with Crippen molar-refractivity contribution in [2.24, 2.45) is 11.7 Å². The minimum Gasteiger partial charge on any atom is -0.330 e. The molecule has 2 aromatic rings. The molecular formula is C14H18N4O3. The van der Waals surface area contributed by atoms with E-state index >= 15 is 0 Å². The summed E-state index contributed by atoms with van der Waals surface area (Å²) in [5.74, 6) is -0.124. The van der Waals surface area contributed by atoms with E-state index in [4.69, 9.17) is 5.73 Å². The number of carbonyl (C=O) groups excluding carboxylic acids is 1. The summed E-state index contributed by atoms with van der Waals surface area (Å²) in [5.41, 5.74) is 5.05. The predicted molar refractivity (Wildman–Crippen MR) is 81.3 cm³/mol. The monoisotopic (exact) mass is 290 g/mol. The highest BCUT2D eigenvalue weighted by atomic mass is 16.2. The number of carbonyl (C=O) groups is 1. The van der Waals surface area contributed by atoms with Crippen molar-refractivity contribution in [3.63, 3.8) is 0 Å². The topological polar surface area (TPSA) is 121 Å². The zero-order valence-corrected chi connectivity index (χ0v) is 11.7. The Hall–Kier alpha value is -2.41. The lowest BCUT2D eigenvalue weighted by molar-refractivity contribution is -0.117. The maximum Gasteiger partial charge on any atom is 0.272 e. The van der Waals surface area contributed by atoms with Gasteiger partial charge in [0, 0.05) is 6.42 Å². The van der Waals surface area contributed by atoms with Gasteiger partial charge in [0.2, 0.25) is 5.91 Å². The Morgan fingerprint density at radius 2 is 2.00 bits per heavy atom. The van der Waals surface area contributed by atoms with Crippen molar-refractivity contribution in [3.05, 3.63) is 38.9 Å². The van der Waals surface area contributed by atoms with E-state index in [1.165, 1.54) is 6.07 Å². The average molecular weight is 290 g/mol. The summed E-state index contributed by atoms with van der Waals surface area (Å²) in [6.45, 7) is 2.40. The minimum atomic E-state index is -0.452. The molecule has 0 fully saturated rings. The molecule has 0 aliphatic heterocycles. The standard InChI is InChI=1S/C14H18N4O3/c1-2-8(7-15)6-11(19)16-10-5-3-4-9-12(10)14(21)18-17-13(9)20/h3-5,8H,2,6-7,15H2,1H3,(H,16,19)(H,17,20)(H,18,21). The molecule has 7 heteroatoms. The number of nitrogens with two attached hydrogens (primary N) is 1. The lowest BCUT2D eigenvalue weighted by Crippen LogP contribution is -2.24. The van der Waals surface area contributed by atoms with E-state index in [2.05, 4.69) is 15.5 Å². The van der Waals surface area contributed by atoms with Gasteiger partial charge in [0.15, 0.2) is 0 Å². The molecule has 0 radical (unpaired) electrons. The Kier molecular flexibility index (Phi) is 4.54. The molecule has 1 heterocycles. The summed E-state index contributed by atoms with van der Waals surface area (Å²) in [6, 6.07) is 4.75. The van der Waals surface area contributed by atoms with Crippen molar-refractivity contribution in [2.45, 2.75) is 19.8 Å². The molecule has 0 spiro atoms. The summed E-state index contributed by atoms with van der Waals surface area (Å²) in [6.07, 6.45) is 1.09. The van der Waals surface area contributed by atoms with Crippen molar-refractivity contribution < 1.29 is 4.79 Å². The molecule has 7 nitrogen and oxygen atoms in total. The van der Waals surface area contributed by atoms with E-state index in [1.807, 2.05) is 6.92 Å². The maximum absolute atomic E-state index is 12.0. The fourth-order valence-corrected chi connectivity index (χ4v) is 2.19. The number of amides is 1. The van der Waals surface area contributed by atoms with Crippen LogP contribution in [0.5, 0.6) is 0 Å². The number of fused-ring (bicyclic) bond motifs is 1. The van der Waals surface area contributed by atoms with E-state index < -0.39 is 11.1 Å². The Balaban J connectivity index is 2.35. The first-order chi connectivity index (χ1) is 10.1. The number of aromatic nitrogens is 2. The molecule has 1 unspecified atom stereocenters. The van der Waals surface area contributed by atoms with Gasteiger partial charge in [0.05, 0.1) is 16.5 Å². The molecule has 1 aromatic heterocycles. The molecule has 1 aromatic carbocycles. The highest BCUT2D eigenvalue weighted by Crippen LogP contribution is 2.18. The van der Waals surface area contributed by atoms with Gasteiger partial charge < -0.3 is 11.1 Å². The first-order valence-electron chi connectivity index (χ1n) is 6.80. The molecular weight excluding hydrogens is 272 g/mol. The Labute approximate surface area is 120 Å². The maximum atomic E-state index is 12.0. The second-order valence-corrected chi connectivity index (χ2v) is 4.90. The van der Waals surface area contributed by atoms with Crippen molar-refractivity contribution in [1.82, 2.24) is 10.2 Å². The van der Waals surface area contributed by atoms with Crippen LogP contribution in [0.25, 0.3) is 10.8 Å². The van der Waals surface area contributed by atoms with Crippen molar-refractivity contribution in [2.75, 3.05) is 11.9 Å². The van der Waals surface area contributed by atoms with Crippen LogP contribution in [-0.4, -0.2) is 22.6 Å². The third kappa shape index (κ3) is 3.19. The van der Waals surface area contributed by atoms with Gasteiger partial charge in [-0.3, -0.25) is 24.6 Å². The molecule has 5 N–H and O–H groups in total. The number of anilines is 1. The zero-order valence-electron chi connectivity index (χ0n) is 11.7. The molecule has 0 saturated carbocycles. The predicted octanol–water partition coefficient (Wildman–Crippen LogP) is 0.530. The van der Waals surface area contributed by atoms with Crippen molar-refractivity contribution in [3.8, 4) is 0 Å². The summed E-state index contributed by atoms with van der Waals surface area (Å²) in [4.78, 5) is 35.6. The molecule has 1 amide bonds. The van der Waals surface area contributed by atoms with E-state index in [1.54, 1.807) is 12.1 Å². The molecule has 0 saturated heterocycles. The van der Waals surface area contributed by atoms with Gasteiger partial charge in [-0.15, -0.1) is 0 Å². The summed E-state index contributed by atoms with van der Waals surface area (Å²) >= 11 is 0. The molecule has 0 aliphatic rings. The highest BCUT2D eigenvalue weighted by molar-refractivity contribution is 6.01. The Morgan fingerprint density at radius 1 is 1.29 bits per heavy atom. The second kappa shape index (κ2) is 6.36. The normalized spacial score (nSPS) is 12.3. The first-order valence-corrected chi connectivity index (χ1v) is 6.80. The van der Waals surface area contributed by atoms with E-state index in [0.717, 1.165) is 6.42 Å². The number of aromatic amines is 2. The van der Waals surface area contributed by atoms with Crippen LogP contribution < -0.4 is 22.2 Å². The lowest BCUT2D eigenvalue weighted by Gasteiger charge is -2.12. The quantitative estimate of drug-likeness (QED) is 0.641. The third-order valence-corrected chi connectivity index (χ3v) is 3.48. The summed E-state index contributed by atoms with van der Waals surface area (Å²) in [7, 11) is 0. The number of rotatable bonds is 5. The molecule has 21 heavy (non-hydrogen) atoms. The fraction of sp³-hybridized carbons (Fsp3) is 0.357. The largest absolute Gasteiger partial charge is 0.330 e. The fourth-order valence-electron chi connectivity index (χ4n) is 2.19. The van der Waals surface area contributed by atoms with Gasteiger partial charge >= 0.3 is 0 Å². The summed E-state index contributed by atoms with van der Waals surface area (Å²) < 4.78 is 0. The van der Waals surface area contributed by atoms with Gasteiger partial charge in [-0.25, -0.2) is 0 Å². The van der Waals surface area contributed by atoms with Crippen LogP contribution in [0.3, 0.4) is 0 Å². The molecule has 112 valence electrons. The smallest absolute Gasteiger partial charge is 0.272 e. The average Bonchev–Trinajstić information content (AvgIpc) is 2.48. The SMILES string of the molecule is CCC(CN)CC(=O)Nc1cccc2c(=O)[nH][nH]c(=O)c12. The van der Waals surface area contributed by atoms with E-state index in [0.29, 0.717) is 12.2 Å². The number of hydrogen-bond donors (Lipinski definition) is 4. The summed E-state index contributed by atoms with van der Waals surface area (Å²) in [5, 5.41) is 7.61. The Bertz CT molecular complexity index is 759. The van der Waals surface area contributed by atoms with E-state index in [-0.39, 0.29) is 29.0 Å². The van der Waals surface area contributed by atoms with Gasteiger partial charge in [-0.2, -0.15) is 0 Å². The second-order valence-electron chi connectivity index (χ2n) is 4.90. The number of hydrogen-bond acceptors (Lipinski definition) is 4. The van der Waals surface area contributed by atoms with Crippen LogP contribution in [-0.2, 0) is 4.79 Å². The van der Waals surface area contributed by atoms with Crippen LogP contribution in [0.1, 0.15) is 19.8 Å². The van der Waals surface area contributed by atoms with Crippen LogP contribution in [0.4, 0.5) is 5.69 Å². The number of benzene rings is 1. The molecule has 0 bridgehead atoms. The van der Waals surface area contributed by atoms with Crippen LogP contribution in [0, 0.1) is 5.92 Å². The van der Waals surface area contributed by atoms with Crippen molar-refractivity contribution >= 4 is 22.4 Å². The van der Waals surface area contributed by atoms with Gasteiger partial charge in [-0.1, -0.05) is 19.4 Å². The van der Waals surface area contributed by atoms with Crippen molar-refractivity contribution in [1.29, 1.82) is 0 Å². The minimum absolute atomic E-state index is 0.0988. The van der Waals surface area contributed by atoms with Crippen LogP contribution in [0.2, 0.25) is 0 Å². The number of nitrogens with one attached hydrogen (secondary N) is 3. The molecule has 2 rings (SSSR count). The van der Waals surface area contributed by atoms with Gasteiger partial charge in [0.1, 0.15) is 0 Å². The lowest BCUT2D eigenvalue weighted by atomic mass is 10.0. The zero-order chi connectivity index (χ0) is 15.4. The highest BCUT2D eigenvalue weighted by Gasteiger charge is 2.14. The van der Waals surface area contributed by atoms with Crippen LogP contribution >= 0.6 is 0 Å². The third-order valence-electron chi connectivity index (χ3n) is 3.48. The van der Waals surface area contributed by atoms with E-state index in [9.17, 15) is 14.4 Å². The number of H-pyrrole nitrogens is 2.